The van der Waals surface area contributed by atoms with Crippen LogP contribution in [0.15, 0.2) is 29.3 Å². The number of hydrogen-bond donors (Lipinski definition) is 0. The van der Waals surface area contributed by atoms with Gasteiger partial charge in [0.1, 0.15) is 0 Å². The van der Waals surface area contributed by atoms with Gasteiger partial charge < -0.3 is 0 Å². The molecule has 0 aliphatic rings. The van der Waals surface area contributed by atoms with E-state index in [9.17, 15) is 0 Å². The Balaban J connectivity index is 2.64. The van der Waals surface area contributed by atoms with E-state index in [-0.39, 0.29) is 4.63 Å². The van der Waals surface area contributed by atoms with Crippen molar-refractivity contribution < 1.29 is 0 Å². The summed E-state index contributed by atoms with van der Waals surface area (Å²) in [4.78, 5) is 3.93. The van der Waals surface area contributed by atoms with Crippen molar-refractivity contribution in [2.75, 3.05) is 0 Å². The van der Waals surface area contributed by atoms with Gasteiger partial charge in [-0.05, 0) is 53.7 Å². The molecule has 0 spiro atoms. The second-order valence-electron chi connectivity index (χ2n) is 3.12. The Hall–Kier alpha value is -0.530. The van der Waals surface area contributed by atoms with Gasteiger partial charge in [0.25, 0.3) is 0 Å². The highest BCUT2D eigenvalue weighted by Crippen LogP contribution is 2.16. The summed E-state index contributed by atoms with van der Waals surface area (Å²) in [6.07, 6.45) is 3.56. The first-order valence-corrected chi connectivity index (χ1v) is 5.46. The summed E-state index contributed by atoms with van der Waals surface area (Å²) in [7, 11) is 0. The summed E-state index contributed by atoms with van der Waals surface area (Å²) in [6.45, 7) is 2.19. The molecular formula is C11H13Cl2N. The summed E-state index contributed by atoms with van der Waals surface area (Å²) in [5.74, 6) is 0. The van der Waals surface area contributed by atoms with E-state index in [1.807, 2.05) is 12.1 Å². The topological polar surface area (TPSA) is 12.4 Å². The summed E-state index contributed by atoms with van der Waals surface area (Å²) >= 11 is 10.9. The smallest absolute Gasteiger partial charge is 0.197 e. The first-order valence-electron chi connectivity index (χ1n) is 4.71. The third-order valence-electron chi connectivity index (χ3n) is 1.97. The summed E-state index contributed by atoms with van der Waals surface area (Å²) < 4.78 is 0.0475. The molecule has 0 aliphatic carbocycles. The fourth-order valence-electron chi connectivity index (χ4n) is 1.22. The molecule has 14 heavy (non-hydrogen) atoms. The van der Waals surface area contributed by atoms with Crippen molar-refractivity contribution in [2.24, 2.45) is 4.99 Å². The van der Waals surface area contributed by atoms with Crippen molar-refractivity contribution in [3.8, 4) is 0 Å². The van der Waals surface area contributed by atoms with E-state index in [0.717, 1.165) is 12.1 Å². The van der Waals surface area contributed by atoms with Gasteiger partial charge in [-0.15, -0.1) is 0 Å². The average molecular weight is 230 g/mol. The average Bonchev–Trinajstić information content (AvgIpc) is 2.16. The maximum absolute atomic E-state index is 5.45. The predicted molar refractivity (Wildman–Crippen MR) is 63.9 cm³/mol. The van der Waals surface area contributed by atoms with Crippen LogP contribution < -0.4 is 0 Å². The van der Waals surface area contributed by atoms with Crippen LogP contribution in [0.5, 0.6) is 0 Å². The third-order valence-corrected chi connectivity index (χ3v) is 2.14. The normalized spacial score (nSPS) is 9.93. The van der Waals surface area contributed by atoms with Crippen molar-refractivity contribution in [3.63, 3.8) is 0 Å². The van der Waals surface area contributed by atoms with Crippen LogP contribution in [-0.2, 0) is 6.42 Å². The molecule has 1 nitrogen and oxygen atoms in total. The number of aryl methyl sites for hydroxylation is 1. The molecule has 1 aromatic carbocycles. The standard InChI is InChI=1S/C11H13Cl2N/c1-2-3-4-9-5-7-10(8-6-9)14-11(12)13/h5-8H,2-4H2,1H3. The highest BCUT2D eigenvalue weighted by molar-refractivity contribution is 6.95. The van der Waals surface area contributed by atoms with E-state index < -0.39 is 0 Å². The van der Waals surface area contributed by atoms with Gasteiger partial charge in [-0.3, -0.25) is 0 Å². The molecule has 1 aromatic rings. The highest BCUT2D eigenvalue weighted by Gasteiger charge is 1.94. The van der Waals surface area contributed by atoms with E-state index in [2.05, 4.69) is 24.0 Å². The number of unbranched alkanes of at least 4 members (excludes halogenated alkanes) is 1. The highest BCUT2D eigenvalue weighted by atomic mass is 35.5. The Morgan fingerprint density at radius 1 is 1.21 bits per heavy atom. The molecule has 0 heterocycles. The molecule has 76 valence electrons. The van der Waals surface area contributed by atoms with Crippen molar-refractivity contribution in [1.82, 2.24) is 0 Å². The van der Waals surface area contributed by atoms with E-state index in [1.165, 1.54) is 18.4 Å². The Kier molecular flexibility index (Phi) is 4.99. The lowest BCUT2D eigenvalue weighted by atomic mass is 10.1. The molecule has 0 atom stereocenters. The maximum Gasteiger partial charge on any atom is 0.197 e. The van der Waals surface area contributed by atoms with Crippen LogP contribution >= 0.6 is 23.2 Å². The first-order chi connectivity index (χ1) is 6.72. The van der Waals surface area contributed by atoms with Crippen molar-refractivity contribution >= 4 is 33.5 Å². The third kappa shape index (κ3) is 4.12. The number of rotatable bonds is 4. The molecule has 0 radical (unpaired) electrons. The first kappa shape index (κ1) is 11.5. The molecule has 0 aromatic heterocycles. The molecule has 0 bridgehead atoms. The predicted octanol–water partition coefficient (Wildman–Crippen LogP) is 4.49. The summed E-state index contributed by atoms with van der Waals surface area (Å²) in [5.41, 5.74) is 2.13. The summed E-state index contributed by atoms with van der Waals surface area (Å²) in [6, 6.07) is 7.97. The number of aliphatic imine (C=N–C) groups is 1. The van der Waals surface area contributed by atoms with E-state index in [0.29, 0.717) is 0 Å². The molecule has 0 aliphatic heterocycles. The van der Waals surface area contributed by atoms with Gasteiger partial charge in [-0.1, -0.05) is 25.5 Å². The lowest BCUT2D eigenvalue weighted by molar-refractivity contribution is 0.795. The minimum Gasteiger partial charge on any atom is -0.225 e. The molecule has 0 saturated heterocycles. The van der Waals surface area contributed by atoms with Crippen LogP contribution in [0.3, 0.4) is 0 Å². The number of benzene rings is 1. The minimum absolute atomic E-state index is 0.0475. The van der Waals surface area contributed by atoms with E-state index >= 15 is 0 Å². The molecule has 1 rings (SSSR count). The Morgan fingerprint density at radius 3 is 2.36 bits per heavy atom. The largest absolute Gasteiger partial charge is 0.225 e. The van der Waals surface area contributed by atoms with Gasteiger partial charge in [0.15, 0.2) is 4.63 Å². The van der Waals surface area contributed by atoms with Gasteiger partial charge >= 0.3 is 0 Å². The SMILES string of the molecule is CCCCc1ccc(N=C(Cl)Cl)cc1. The lowest BCUT2D eigenvalue weighted by Crippen LogP contribution is -1.83. The second kappa shape index (κ2) is 6.05. The molecule has 0 N–H and O–H groups in total. The molecule has 3 heteroatoms. The fraction of sp³-hybridized carbons (Fsp3) is 0.364. The second-order valence-corrected chi connectivity index (χ2v) is 4.03. The van der Waals surface area contributed by atoms with Crippen LogP contribution in [0.4, 0.5) is 5.69 Å². The lowest BCUT2D eigenvalue weighted by Gasteiger charge is -1.99. The number of hydrogen-bond acceptors (Lipinski definition) is 1. The quantitative estimate of drug-likeness (QED) is 0.675. The number of nitrogens with zero attached hydrogens (tertiary/aromatic N) is 1. The van der Waals surface area contributed by atoms with Gasteiger partial charge in [-0.2, -0.15) is 0 Å². The molecule has 0 fully saturated rings. The van der Waals surface area contributed by atoms with Crippen LogP contribution in [0.2, 0.25) is 0 Å². The van der Waals surface area contributed by atoms with Crippen molar-refractivity contribution in [1.29, 1.82) is 0 Å². The summed E-state index contributed by atoms with van der Waals surface area (Å²) in [5, 5.41) is 0. The monoisotopic (exact) mass is 229 g/mol. The zero-order chi connectivity index (χ0) is 10.4. The zero-order valence-electron chi connectivity index (χ0n) is 8.13. The Morgan fingerprint density at radius 2 is 1.86 bits per heavy atom. The van der Waals surface area contributed by atoms with Crippen molar-refractivity contribution in [2.45, 2.75) is 26.2 Å². The zero-order valence-corrected chi connectivity index (χ0v) is 9.65. The number of halogens is 2. The van der Waals surface area contributed by atoms with Gasteiger partial charge in [-0.25, -0.2) is 4.99 Å². The van der Waals surface area contributed by atoms with Crippen LogP contribution in [0.25, 0.3) is 0 Å². The van der Waals surface area contributed by atoms with Crippen molar-refractivity contribution in [3.05, 3.63) is 29.8 Å². The fourth-order valence-corrected chi connectivity index (χ4v) is 1.41. The van der Waals surface area contributed by atoms with Gasteiger partial charge in [0.05, 0.1) is 5.69 Å². The molecule has 0 unspecified atom stereocenters. The van der Waals surface area contributed by atoms with Gasteiger partial charge in [0, 0.05) is 0 Å². The molecule has 0 amide bonds. The minimum atomic E-state index is 0.0475. The molecular weight excluding hydrogens is 217 g/mol. The van der Waals surface area contributed by atoms with E-state index in [1.54, 1.807) is 0 Å². The Bertz CT molecular complexity index is 300. The van der Waals surface area contributed by atoms with Crippen LogP contribution in [0.1, 0.15) is 25.3 Å². The Labute approximate surface area is 94.8 Å². The van der Waals surface area contributed by atoms with E-state index in [4.69, 9.17) is 23.2 Å². The van der Waals surface area contributed by atoms with Crippen LogP contribution in [-0.4, -0.2) is 4.63 Å². The maximum atomic E-state index is 5.45. The van der Waals surface area contributed by atoms with Gasteiger partial charge in [0.2, 0.25) is 0 Å². The van der Waals surface area contributed by atoms with Crippen LogP contribution in [0, 0.1) is 0 Å². The molecule has 0 saturated carbocycles.